The molecule has 28 heavy (non-hydrogen) atoms. The quantitative estimate of drug-likeness (QED) is 0.539. The van der Waals surface area contributed by atoms with Crippen LogP contribution >= 0.6 is 11.3 Å². The van der Waals surface area contributed by atoms with Crippen molar-refractivity contribution in [3.8, 4) is 22.8 Å². The summed E-state index contributed by atoms with van der Waals surface area (Å²) in [5.74, 6) is 2.05. The molecule has 6 nitrogen and oxygen atoms in total. The van der Waals surface area contributed by atoms with Gasteiger partial charge in [-0.1, -0.05) is 6.92 Å². The van der Waals surface area contributed by atoms with Gasteiger partial charge in [0.05, 0.1) is 25.4 Å². The lowest BCUT2D eigenvalue weighted by Gasteiger charge is -2.10. The van der Waals surface area contributed by atoms with Gasteiger partial charge in [-0.05, 0) is 43.2 Å². The van der Waals surface area contributed by atoms with Crippen molar-refractivity contribution in [2.45, 2.75) is 26.7 Å². The molecule has 0 aliphatic carbocycles. The normalized spacial score (nSPS) is 11.3. The standard InChI is InChI=1S/C21H21N3O3S/c1-5-6-16-23-18-17-11(2)9-13(22-21(17)28-19(18)20(25)24-16)12-7-8-14(26-3)15(10-12)27-4/h7-10H,5-6H2,1-4H3,(H,23,24,25). The first-order chi connectivity index (χ1) is 13.5. The summed E-state index contributed by atoms with van der Waals surface area (Å²) >= 11 is 1.38. The number of hydrogen-bond acceptors (Lipinski definition) is 6. The third-order valence-electron chi connectivity index (χ3n) is 4.71. The molecule has 0 aliphatic heterocycles. The summed E-state index contributed by atoms with van der Waals surface area (Å²) in [4.78, 5) is 25.7. The van der Waals surface area contributed by atoms with Crippen LogP contribution in [-0.2, 0) is 6.42 Å². The monoisotopic (exact) mass is 395 g/mol. The van der Waals surface area contributed by atoms with Gasteiger partial charge in [-0.3, -0.25) is 4.79 Å². The van der Waals surface area contributed by atoms with Crippen molar-refractivity contribution in [2.75, 3.05) is 14.2 Å². The van der Waals surface area contributed by atoms with Crippen LogP contribution in [0.1, 0.15) is 24.7 Å². The van der Waals surface area contributed by atoms with Crippen molar-refractivity contribution < 1.29 is 9.47 Å². The van der Waals surface area contributed by atoms with E-state index >= 15 is 0 Å². The molecule has 3 heterocycles. The molecule has 3 aromatic heterocycles. The van der Waals surface area contributed by atoms with Gasteiger partial charge >= 0.3 is 0 Å². The minimum Gasteiger partial charge on any atom is -0.493 e. The molecular formula is C21H21N3O3S. The highest BCUT2D eigenvalue weighted by Gasteiger charge is 2.16. The topological polar surface area (TPSA) is 77.1 Å². The summed E-state index contributed by atoms with van der Waals surface area (Å²) in [5.41, 5.74) is 3.44. The zero-order valence-corrected chi connectivity index (χ0v) is 17.1. The van der Waals surface area contributed by atoms with E-state index in [1.54, 1.807) is 14.2 Å². The predicted molar refractivity (Wildman–Crippen MR) is 113 cm³/mol. The number of aryl methyl sites for hydroxylation is 2. The van der Waals surface area contributed by atoms with E-state index in [1.807, 2.05) is 31.2 Å². The summed E-state index contributed by atoms with van der Waals surface area (Å²) in [6.45, 7) is 4.10. The molecule has 0 saturated carbocycles. The molecule has 0 radical (unpaired) electrons. The highest BCUT2D eigenvalue weighted by atomic mass is 32.1. The van der Waals surface area contributed by atoms with Crippen LogP contribution < -0.4 is 15.0 Å². The molecule has 0 unspecified atom stereocenters. The number of methoxy groups -OCH3 is 2. The molecule has 144 valence electrons. The van der Waals surface area contributed by atoms with Crippen LogP contribution in [-0.4, -0.2) is 29.2 Å². The van der Waals surface area contributed by atoms with Crippen LogP contribution in [0.2, 0.25) is 0 Å². The van der Waals surface area contributed by atoms with Gasteiger partial charge in [-0.2, -0.15) is 0 Å². The molecule has 0 aliphatic rings. The van der Waals surface area contributed by atoms with E-state index in [-0.39, 0.29) is 5.56 Å². The van der Waals surface area contributed by atoms with Gasteiger partial charge in [-0.15, -0.1) is 11.3 Å². The van der Waals surface area contributed by atoms with Crippen LogP contribution in [0, 0.1) is 6.92 Å². The number of aromatic nitrogens is 3. The average Bonchev–Trinajstić information content (AvgIpc) is 3.07. The zero-order valence-electron chi connectivity index (χ0n) is 16.3. The minimum atomic E-state index is -0.0940. The van der Waals surface area contributed by atoms with Gasteiger partial charge in [0, 0.05) is 17.4 Å². The summed E-state index contributed by atoms with van der Waals surface area (Å²) in [6.07, 6.45) is 1.68. The Morgan fingerprint density at radius 1 is 1.11 bits per heavy atom. The number of thiophene rings is 1. The van der Waals surface area contributed by atoms with E-state index < -0.39 is 0 Å². The second-order valence-corrected chi connectivity index (χ2v) is 7.62. The Labute approximate surface area is 166 Å². The molecule has 1 aromatic carbocycles. The van der Waals surface area contributed by atoms with E-state index in [9.17, 15) is 4.79 Å². The molecule has 1 N–H and O–H groups in total. The molecule has 0 saturated heterocycles. The Hall–Kier alpha value is -2.93. The molecule has 0 amide bonds. The second kappa shape index (κ2) is 7.24. The molecular weight excluding hydrogens is 374 g/mol. The first-order valence-electron chi connectivity index (χ1n) is 9.11. The minimum absolute atomic E-state index is 0.0940. The van der Waals surface area contributed by atoms with Crippen molar-refractivity contribution in [3.63, 3.8) is 0 Å². The zero-order chi connectivity index (χ0) is 19.8. The molecule has 4 rings (SSSR count). The summed E-state index contributed by atoms with van der Waals surface area (Å²) in [6, 6.07) is 7.75. The van der Waals surface area contributed by atoms with Gasteiger partial charge in [0.2, 0.25) is 0 Å². The SMILES string of the molecule is CCCc1nc2c(sc3nc(-c4ccc(OC)c(OC)c4)cc(C)c32)c(=O)[nH]1. The lowest BCUT2D eigenvalue weighted by molar-refractivity contribution is 0.355. The molecule has 0 spiro atoms. The number of pyridine rings is 1. The van der Waals surface area contributed by atoms with E-state index in [0.717, 1.165) is 51.2 Å². The van der Waals surface area contributed by atoms with Gasteiger partial charge in [0.15, 0.2) is 11.5 Å². The smallest absolute Gasteiger partial charge is 0.268 e. The number of nitrogens with zero attached hydrogens (tertiary/aromatic N) is 2. The number of fused-ring (bicyclic) bond motifs is 3. The van der Waals surface area contributed by atoms with Crippen molar-refractivity contribution in [3.05, 3.63) is 46.0 Å². The number of aromatic amines is 1. The van der Waals surface area contributed by atoms with E-state index in [0.29, 0.717) is 16.2 Å². The Bertz CT molecular complexity index is 1240. The van der Waals surface area contributed by atoms with Gasteiger partial charge in [0.1, 0.15) is 15.4 Å². The Balaban J connectivity index is 1.93. The molecule has 0 atom stereocenters. The van der Waals surface area contributed by atoms with Crippen LogP contribution in [0.5, 0.6) is 11.5 Å². The van der Waals surface area contributed by atoms with Gasteiger partial charge in [0.25, 0.3) is 5.56 Å². The van der Waals surface area contributed by atoms with E-state index in [2.05, 4.69) is 11.9 Å². The van der Waals surface area contributed by atoms with E-state index in [1.165, 1.54) is 11.3 Å². The number of ether oxygens (including phenoxy) is 2. The van der Waals surface area contributed by atoms with E-state index in [4.69, 9.17) is 19.4 Å². The Kier molecular flexibility index (Phi) is 4.77. The second-order valence-electron chi connectivity index (χ2n) is 6.62. The fraction of sp³-hybridized carbons (Fsp3) is 0.286. The molecule has 4 aromatic rings. The fourth-order valence-electron chi connectivity index (χ4n) is 3.37. The first kappa shape index (κ1) is 18.4. The molecule has 0 fully saturated rings. The maximum Gasteiger partial charge on any atom is 0.268 e. The largest absolute Gasteiger partial charge is 0.493 e. The third-order valence-corrected chi connectivity index (χ3v) is 5.78. The number of benzene rings is 1. The van der Waals surface area contributed by atoms with Crippen molar-refractivity contribution >= 4 is 31.8 Å². The Morgan fingerprint density at radius 2 is 1.89 bits per heavy atom. The highest BCUT2D eigenvalue weighted by Crippen LogP contribution is 2.36. The van der Waals surface area contributed by atoms with Crippen molar-refractivity contribution in [1.82, 2.24) is 15.0 Å². The van der Waals surface area contributed by atoms with Crippen molar-refractivity contribution in [2.24, 2.45) is 0 Å². The maximum absolute atomic E-state index is 12.5. The number of H-pyrrole nitrogens is 1. The lowest BCUT2D eigenvalue weighted by Crippen LogP contribution is -2.10. The van der Waals surface area contributed by atoms with Crippen LogP contribution in [0.25, 0.3) is 31.7 Å². The first-order valence-corrected chi connectivity index (χ1v) is 9.92. The fourth-order valence-corrected chi connectivity index (χ4v) is 4.46. The summed E-state index contributed by atoms with van der Waals surface area (Å²) in [7, 11) is 3.22. The summed E-state index contributed by atoms with van der Waals surface area (Å²) in [5, 5.41) is 0.952. The van der Waals surface area contributed by atoms with Crippen LogP contribution in [0.3, 0.4) is 0 Å². The highest BCUT2D eigenvalue weighted by molar-refractivity contribution is 7.25. The van der Waals surface area contributed by atoms with Crippen LogP contribution in [0.15, 0.2) is 29.1 Å². The van der Waals surface area contributed by atoms with Crippen molar-refractivity contribution in [1.29, 1.82) is 0 Å². The Morgan fingerprint density at radius 3 is 2.61 bits per heavy atom. The summed E-state index contributed by atoms with van der Waals surface area (Å²) < 4.78 is 11.3. The molecule has 0 bridgehead atoms. The van der Waals surface area contributed by atoms with Gasteiger partial charge in [-0.25, -0.2) is 9.97 Å². The third kappa shape index (κ3) is 3.01. The number of rotatable bonds is 5. The van der Waals surface area contributed by atoms with Gasteiger partial charge < -0.3 is 14.5 Å². The average molecular weight is 395 g/mol. The number of hydrogen-bond donors (Lipinski definition) is 1. The van der Waals surface area contributed by atoms with Crippen LogP contribution in [0.4, 0.5) is 0 Å². The number of nitrogens with one attached hydrogen (secondary N) is 1. The lowest BCUT2D eigenvalue weighted by atomic mass is 10.1. The maximum atomic E-state index is 12.5. The molecule has 7 heteroatoms. The predicted octanol–water partition coefficient (Wildman–Crippen LogP) is 4.48.